The van der Waals surface area contributed by atoms with Crippen LogP contribution in [0.5, 0.6) is 0 Å². The summed E-state index contributed by atoms with van der Waals surface area (Å²) in [6.45, 7) is 12.0. The summed E-state index contributed by atoms with van der Waals surface area (Å²) in [5.74, 6) is 0.848. The number of hydrogen-bond donors (Lipinski definition) is 1. The SMILES string of the molecule is C=C(C)[C@@H]1C[C@H](OC(C)=O)[C@@]2(C)CCC(O)[C@@H](C)[C@@H]2C1. The molecule has 114 valence electrons. The third-order valence-corrected chi connectivity index (χ3v) is 5.85. The van der Waals surface area contributed by atoms with Gasteiger partial charge in [0.2, 0.25) is 0 Å². The number of hydrogen-bond acceptors (Lipinski definition) is 3. The van der Waals surface area contributed by atoms with E-state index in [9.17, 15) is 9.90 Å². The van der Waals surface area contributed by atoms with Gasteiger partial charge in [-0.25, -0.2) is 0 Å². The first-order valence-electron chi connectivity index (χ1n) is 7.76. The average molecular weight is 280 g/mol. The topological polar surface area (TPSA) is 46.5 Å². The second-order valence-corrected chi connectivity index (χ2v) is 7.19. The summed E-state index contributed by atoms with van der Waals surface area (Å²) in [5.41, 5.74) is 1.16. The lowest BCUT2D eigenvalue weighted by Crippen LogP contribution is -2.54. The van der Waals surface area contributed by atoms with Crippen LogP contribution >= 0.6 is 0 Å². The molecule has 0 aromatic rings. The van der Waals surface area contributed by atoms with Crippen LogP contribution in [-0.4, -0.2) is 23.3 Å². The smallest absolute Gasteiger partial charge is 0.302 e. The second-order valence-electron chi connectivity index (χ2n) is 7.19. The molecule has 0 radical (unpaired) electrons. The molecule has 0 aromatic carbocycles. The predicted octanol–water partition coefficient (Wildman–Crippen LogP) is 3.32. The molecular formula is C17H28O3. The van der Waals surface area contributed by atoms with Gasteiger partial charge in [0.05, 0.1) is 6.10 Å². The maximum absolute atomic E-state index is 11.5. The Morgan fingerprint density at radius 2 is 2.00 bits per heavy atom. The van der Waals surface area contributed by atoms with E-state index < -0.39 is 0 Å². The number of carbonyl (C=O) groups is 1. The van der Waals surface area contributed by atoms with Gasteiger partial charge in [-0.05, 0) is 50.4 Å². The minimum atomic E-state index is -0.227. The van der Waals surface area contributed by atoms with E-state index in [1.165, 1.54) is 6.92 Å². The Bertz CT molecular complexity index is 403. The molecule has 6 atom stereocenters. The minimum Gasteiger partial charge on any atom is -0.462 e. The number of rotatable bonds is 2. The maximum atomic E-state index is 11.5. The molecule has 3 nitrogen and oxygen atoms in total. The summed E-state index contributed by atoms with van der Waals surface area (Å²) < 4.78 is 5.67. The highest BCUT2D eigenvalue weighted by molar-refractivity contribution is 5.66. The normalized spacial score (nSPS) is 44.5. The molecule has 3 heteroatoms. The zero-order chi connectivity index (χ0) is 15.1. The van der Waals surface area contributed by atoms with E-state index in [0.717, 1.165) is 31.3 Å². The summed E-state index contributed by atoms with van der Waals surface area (Å²) in [4.78, 5) is 11.5. The highest BCUT2D eigenvalue weighted by Crippen LogP contribution is 2.55. The predicted molar refractivity (Wildman–Crippen MR) is 79.1 cm³/mol. The molecule has 0 saturated heterocycles. The van der Waals surface area contributed by atoms with E-state index in [-0.39, 0.29) is 29.5 Å². The molecule has 2 fully saturated rings. The first-order valence-corrected chi connectivity index (χ1v) is 7.76. The Labute approximate surface area is 122 Å². The number of carbonyl (C=O) groups excluding carboxylic acids is 1. The van der Waals surface area contributed by atoms with Crippen molar-refractivity contribution in [1.82, 2.24) is 0 Å². The zero-order valence-corrected chi connectivity index (χ0v) is 13.2. The summed E-state index contributed by atoms with van der Waals surface area (Å²) in [6.07, 6.45) is 3.41. The monoisotopic (exact) mass is 280 g/mol. The van der Waals surface area contributed by atoms with Crippen molar-refractivity contribution in [1.29, 1.82) is 0 Å². The van der Waals surface area contributed by atoms with Gasteiger partial charge < -0.3 is 9.84 Å². The fraction of sp³-hybridized carbons (Fsp3) is 0.824. The van der Waals surface area contributed by atoms with Gasteiger partial charge in [0.15, 0.2) is 0 Å². The average Bonchev–Trinajstić information content (AvgIpc) is 2.35. The fourth-order valence-corrected chi connectivity index (χ4v) is 4.38. The molecule has 2 aliphatic rings. The Kier molecular flexibility index (Phi) is 4.29. The van der Waals surface area contributed by atoms with Gasteiger partial charge in [0, 0.05) is 12.3 Å². The van der Waals surface area contributed by atoms with Gasteiger partial charge in [0.25, 0.3) is 0 Å². The molecule has 0 bridgehead atoms. The maximum Gasteiger partial charge on any atom is 0.302 e. The Balaban J connectivity index is 2.30. The van der Waals surface area contributed by atoms with E-state index in [1.54, 1.807) is 0 Å². The van der Waals surface area contributed by atoms with Crippen LogP contribution in [0.1, 0.15) is 53.4 Å². The number of aliphatic hydroxyl groups is 1. The summed E-state index contributed by atoms with van der Waals surface area (Å²) in [5, 5.41) is 10.2. The van der Waals surface area contributed by atoms with Crippen LogP contribution in [-0.2, 0) is 9.53 Å². The Hall–Kier alpha value is -0.830. The van der Waals surface area contributed by atoms with Crippen molar-refractivity contribution in [2.75, 3.05) is 0 Å². The van der Waals surface area contributed by atoms with Crippen molar-refractivity contribution in [3.8, 4) is 0 Å². The van der Waals surface area contributed by atoms with Crippen LogP contribution in [0.2, 0.25) is 0 Å². The van der Waals surface area contributed by atoms with Gasteiger partial charge in [-0.1, -0.05) is 26.0 Å². The van der Waals surface area contributed by atoms with Crippen LogP contribution < -0.4 is 0 Å². The molecule has 1 unspecified atom stereocenters. The second kappa shape index (κ2) is 5.51. The molecule has 0 amide bonds. The first kappa shape index (κ1) is 15.6. The van der Waals surface area contributed by atoms with Crippen LogP contribution in [0, 0.1) is 23.2 Å². The van der Waals surface area contributed by atoms with Gasteiger partial charge in [-0.2, -0.15) is 0 Å². The quantitative estimate of drug-likeness (QED) is 0.623. The Morgan fingerprint density at radius 3 is 2.55 bits per heavy atom. The number of esters is 1. The molecule has 2 saturated carbocycles. The van der Waals surface area contributed by atoms with Crippen molar-refractivity contribution < 1.29 is 14.6 Å². The molecule has 0 aliphatic heterocycles. The van der Waals surface area contributed by atoms with Crippen LogP contribution in [0.4, 0.5) is 0 Å². The summed E-state index contributed by atoms with van der Waals surface area (Å²) in [6, 6.07) is 0. The lowest BCUT2D eigenvalue weighted by molar-refractivity contribution is -0.175. The molecule has 0 spiro atoms. The van der Waals surface area contributed by atoms with E-state index >= 15 is 0 Å². The van der Waals surface area contributed by atoms with Crippen molar-refractivity contribution >= 4 is 5.97 Å². The molecular weight excluding hydrogens is 252 g/mol. The number of aliphatic hydroxyl groups excluding tert-OH is 1. The van der Waals surface area contributed by atoms with Crippen molar-refractivity contribution in [2.24, 2.45) is 23.2 Å². The van der Waals surface area contributed by atoms with E-state index in [1.807, 2.05) is 0 Å². The lowest BCUT2D eigenvalue weighted by Gasteiger charge is -2.55. The van der Waals surface area contributed by atoms with Gasteiger partial charge in [-0.15, -0.1) is 0 Å². The van der Waals surface area contributed by atoms with Gasteiger partial charge >= 0.3 is 5.97 Å². The van der Waals surface area contributed by atoms with Gasteiger partial charge in [-0.3, -0.25) is 4.79 Å². The largest absolute Gasteiger partial charge is 0.462 e. The van der Waals surface area contributed by atoms with E-state index in [4.69, 9.17) is 4.74 Å². The standard InChI is InChI=1S/C17H28O3/c1-10(2)13-8-14-11(3)15(19)6-7-17(14,5)16(9-13)20-12(4)18/h11,13-16,19H,1,6-9H2,2-5H3/t11-,13-,14-,15?,16-,17-/m0/s1. The molecule has 0 heterocycles. The Morgan fingerprint density at radius 1 is 1.35 bits per heavy atom. The van der Waals surface area contributed by atoms with Crippen molar-refractivity contribution in [3.05, 3.63) is 12.2 Å². The van der Waals surface area contributed by atoms with Crippen LogP contribution in [0.25, 0.3) is 0 Å². The number of allylic oxidation sites excluding steroid dienone is 1. The first-order chi connectivity index (χ1) is 9.25. The summed E-state index contributed by atoms with van der Waals surface area (Å²) in [7, 11) is 0. The van der Waals surface area contributed by atoms with Gasteiger partial charge in [0.1, 0.15) is 6.10 Å². The third-order valence-electron chi connectivity index (χ3n) is 5.85. The van der Waals surface area contributed by atoms with Crippen molar-refractivity contribution in [3.63, 3.8) is 0 Å². The minimum absolute atomic E-state index is 0.00370. The van der Waals surface area contributed by atoms with E-state index in [2.05, 4.69) is 27.4 Å². The highest BCUT2D eigenvalue weighted by atomic mass is 16.5. The number of fused-ring (bicyclic) bond motifs is 1. The molecule has 2 aliphatic carbocycles. The molecule has 2 rings (SSSR count). The van der Waals surface area contributed by atoms with Crippen molar-refractivity contribution in [2.45, 2.75) is 65.6 Å². The third kappa shape index (κ3) is 2.65. The van der Waals surface area contributed by atoms with Crippen LogP contribution in [0.3, 0.4) is 0 Å². The number of ether oxygens (including phenoxy) is 1. The molecule has 1 N–H and O–H groups in total. The summed E-state index contributed by atoms with van der Waals surface area (Å²) >= 11 is 0. The lowest BCUT2D eigenvalue weighted by atomic mass is 9.52. The molecule has 0 aromatic heterocycles. The highest BCUT2D eigenvalue weighted by Gasteiger charge is 2.53. The zero-order valence-electron chi connectivity index (χ0n) is 13.2. The fourth-order valence-electron chi connectivity index (χ4n) is 4.38. The van der Waals surface area contributed by atoms with Crippen LogP contribution in [0.15, 0.2) is 12.2 Å². The molecule has 20 heavy (non-hydrogen) atoms. The van der Waals surface area contributed by atoms with E-state index in [0.29, 0.717) is 11.8 Å².